The lowest BCUT2D eigenvalue weighted by molar-refractivity contribution is -0.151. The van der Waals surface area contributed by atoms with Crippen molar-refractivity contribution in [2.24, 2.45) is 7.05 Å². The number of aliphatic hydroxyl groups is 1. The van der Waals surface area contributed by atoms with E-state index in [2.05, 4.69) is 5.10 Å². The van der Waals surface area contributed by atoms with Gasteiger partial charge < -0.3 is 14.9 Å². The van der Waals surface area contributed by atoms with Crippen LogP contribution < -0.4 is 0 Å². The van der Waals surface area contributed by atoms with Gasteiger partial charge in [-0.15, -0.1) is 0 Å². The van der Waals surface area contributed by atoms with Gasteiger partial charge in [-0.25, -0.2) is 4.79 Å². The van der Waals surface area contributed by atoms with E-state index in [-0.39, 0.29) is 13.2 Å². The molecule has 0 aromatic carbocycles. The van der Waals surface area contributed by atoms with Crippen molar-refractivity contribution in [3.63, 3.8) is 0 Å². The molecule has 6 heteroatoms. The first kappa shape index (κ1) is 11.7. The van der Waals surface area contributed by atoms with Crippen molar-refractivity contribution in [2.45, 2.75) is 13.0 Å². The highest BCUT2D eigenvalue weighted by atomic mass is 16.5. The predicted molar refractivity (Wildman–Crippen MR) is 51.4 cm³/mol. The Hall–Kier alpha value is -1.40. The van der Waals surface area contributed by atoms with Gasteiger partial charge >= 0.3 is 5.97 Å². The van der Waals surface area contributed by atoms with E-state index >= 15 is 0 Å². The van der Waals surface area contributed by atoms with Crippen molar-refractivity contribution in [1.29, 1.82) is 0 Å². The van der Waals surface area contributed by atoms with Gasteiger partial charge in [0.15, 0.2) is 6.10 Å². The molecule has 0 amide bonds. The van der Waals surface area contributed by atoms with Gasteiger partial charge in [0.2, 0.25) is 0 Å². The van der Waals surface area contributed by atoms with E-state index in [9.17, 15) is 4.79 Å². The molecule has 1 unspecified atom stereocenters. The first-order valence-electron chi connectivity index (χ1n) is 4.51. The number of aliphatic carboxylic acids is 1. The van der Waals surface area contributed by atoms with E-state index in [1.165, 1.54) is 4.68 Å². The Labute approximate surface area is 87.1 Å². The van der Waals surface area contributed by atoms with Gasteiger partial charge in [0.1, 0.15) is 0 Å². The summed E-state index contributed by atoms with van der Waals surface area (Å²) in [6.45, 7) is 1.50. The molecule has 1 aromatic rings. The number of aromatic nitrogens is 2. The van der Waals surface area contributed by atoms with Crippen LogP contribution in [0.15, 0.2) is 6.20 Å². The van der Waals surface area contributed by atoms with Gasteiger partial charge in [-0.1, -0.05) is 0 Å². The van der Waals surface area contributed by atoms with Crippen molar-refractivity contribution < 1.29 is 19.7 Å². The summed E-state index contributed by atoms with van der Waals surface area (Å²) >= 11 is 0. The number of carboxylic acids is 1. The minimum absolute atomic E-state index is 0.00863. The highest BCUT2D eigenvalue weighted by Crippen LogP contribution is 2.20. The molecule has 2 N–H and O–H groups in total. The van der Waals surface area contributed by atoms with Gasteiger partial charge in [0.25, 0.3) is 0 Å². The van der Waals surface area contributed by atoms with E-state index in [1.54, 1.807) is 20.2 Å². The monoisotopic (exact) mass is 214 g/mol. The van der Waals surface area contributed by atoms with Crippen LogP contribution in [0.4, 0.5) is 0 Å². The number of carboxylic acid groups (broad SMARTS) is 1. The molecular weight excluding hydrogens is 200 g/mol. The highest BCUT2D eigenvalue weighted by Gasteiger charge is 2.24. The third-order valence-electron chi connectivity index (χ3n) is 1.93. The van der Waals surface area contributed by atoms with Gasteiger partial charge in [-0.3, -0.25) is 4.68 Å². The molecule has 0 aliphatic heterocycles. The maximum atomic E-state index is 10.9. The predicted octanol–water partition coefficient (Wildman–Crippen LogP) is -0.137. The van der Waals surface area contributed by atoms with Crippen LogP contribution >= 0.6 is 0 Å². The fourth-order valence-electron chi connectivity index (χ4n) is 1.34. The van der Waals surface area contributed by atoms with Crippen LogP contribution in [0.5, 0.6) is 0 Å². The second kappa shape index (κ2) is 4.90. The Bertz CT molecular complexity index is 348. The molecule has 1 aromatic heterocycles. The number of nitrogens with zero attached hydrogens (tertiary/aromatic N) is 2. The molecule has 0 aliphatic carbocycles. The normalized spacial score (nSPS) is 12.7. The van der Waals surface area contributed by atoms with Gasteiger partial charge in [-0.05, 0) is 6.92 Å². The van der Waals surface area contributed by atoms with Crippen molar-refractivity contribution >= 4 is 5.97 Å². The zero-order valence-corrected chi connectivity index (χ0v) is 8.67. The molecular formula is C9H14N2O4. The van der Waals surface area contributed by atoms with E-state index in [0.29, 0.717) is 11.3 Å². The molecule has 15 heavy (non-hydrogen) atoms. The van der Waals surface area contributed by atoms with Crippen LogP contribution in [0.2, 0.25) is 0 Å². The van der Waals surface area contributed by atoms with E-state index in [4.69, 9.17) is 14.9 Å². The molecule has 0 saturated carbocycles. The van der Waals surface area contributed by atoms with Gasteiger partial charge in [0, 0.05) is 18.8 Å². The summed E-state index contributed by atoms with van der Waals surface area (Å²) in [6, 6.07) is 0. The van der Waals surface area contributed by atoms with Gasteiger partial charge in [0.05, 0.1) is 18.9 Å². The zero-order chi connectivity index (χ0) is 11.4. The molecule has 1 atom stereocenters. The highest BCUT2D eigenvalue weighted by molar-refractivity contribution is 5.74. The van der Waals surface area contributed by atoms with E-state index < -0.39 is 12.1 Å². The summed E-state index contributed by atoms with van der Waals surface area (Å²) < 4.78 is 6.56. The minimum Gasteiger partial charge on any atom is -0.479 e. The Kier molecular flexibility index (Phi) is 3.81. The SMILES string of the molecule is Cc1nn(C)cc1C(OCCO)C(=O)O. The Morgan fingerprint density at radius 2 is 2.40 bits per heavy atom. The van der Waals surface area contributed by atoms with E-state index in [1.807, 2.05) is 0 Å². The molecule has 0 bridgehead atoms. The van der Waals surface area contributed by atoms with Crippen LogP contribution in [-0.2, 0) is 16.6 Å². The largest absolute Gasteiger partial charge is 0.479 e. The Morgan fingerprint density at radius 3 is 2.80 bits per heavy atom. The number of carbonyl (C=O) groups is 1. The summed E-state index contributed by atoms with van der Waals surface area (Å²) in [7, 11) is 1.71. The summed E-state index contributed by atoms with van der Waals surface area (Å²) in [5.41, 5.74) is 1.13. The molecule has 6 nitrogen and oxygen atoms in total. The van der Waals surface area contributed by atoms with Crippen LogP contribution in [0.25, 0.3) is 0 Å². The first-order chi connectivity index (χ1) is 7.06. The summed E-state index contributed by atoms with van der Waals surface area (Å²) in [5, 5.41) is 21.6. The van der Waals surface area contributed by atoms with Crippen molar-refractivity contribution in [3.8, 4) is 0 Å². The third kappa shape index (κ3) is 2.77. The van der Waals surface area contributed by atoms with Crippen molar-refractivity contribution in [1.82, 2.24) is 9.78 Å². The Balaban J connectivity index is 2.88. The average Bonchev–Trinajstić information content (AvgIpc) is 2.46. The lowest BCUT2D eigenvalue weighted by Crippen LogP contribution is -2.17. The third-order valence-corrected chi connectivity index (χ3v) is 1.93. The Morgan fingerprint density at radius 1 is 1.73 bits per heavy atom. The summed E-state index contributed by atoms with van der Waals surface area (Å²) in [4.78, 5) is 10.9. The molecule has 1 rings (SSSR count). The number of aliphatic hydroxyl groups excluding tert-OH is 1. The lowest BCUT2D eigenvalue weighted by atomic mass is 10.1. The molecule has 0 radical (unpaired) electrons. The molecule has 0 aliphatic rings. The number of rotatable bonds is 5. The maximum absolute atomic E-state index is 10.9. The maximum Gasteiger partial charge on any atom is 0.337 e. The smallest absolute Gasteiger partial charge is 0.337 e. The van der Waals surface area contributed by atoms with Crippen molar-refractivity contribution in [2.75, 3.05) is 13.2 Å². The summed E-state index contributed by atoms with van der Waals surface area (Å²) in [6.07, 6.45) is 0.539. The number of aryl methyl sites for hydroxylation is 2. The number of ether oxygens (including phenoxy) is 1. The molecule has 0 spiro atoms. The minimum atomic E-state index is -1.08. The van der Waals surface area contributed by atoms with E-state index in [0.717, 1.165) is 0 Å². The second-order valence-corrected chi connectivity index (χ2v) is 3.16. The van der Waals surface area contributed by atoms with Crippen molar-refractivity contribution in [3.05, 3.63) is 17.5 Å². The van der Waals surface area contributed by atoms with Crippen LogP contribution in [0.3, 0.4) is 0 Å². The standard InChI is InChI=1S/C9H14N2O4/c1-6-7(5-11(2)10-6)8(9(13)14)15-4-3-12/h5,8,12H,3-4H2,1-2H3,(H,13,14). The second-order valence-electron chi connectivity index (χ2n) is 3.16. The molecule has 84 valence electrons. The number of hydrogen-bond acceptors (Lipinski definition) is 4. The quantitative estimate of drug-likeness (QED) is 0.712. The fraction of sp³-hybridized carbons (Fsp3) is 0.556. The molecule has 1 heterocycles. The first-order valence-corrected chi connectivity index (χ1v) is 4.51. The van der Waals surface area contributed by atoms with Gasteiger partial charge in [-0.2, -0.15) is 5.10 Å². The van der Waals surface area contributed by atoms with Crippen LogP contribution in [-0.4, -0.2) is 39.2 Å². The topological polar surface area (TPSA) is 84.6 Å². The molecule has 0 fully saturated rings. The average molecular weight is 214 g/mol. The fourth-order valence-corrected chi connectivity index (χ4v) is 1.34. The lowest BCUT2D eigenvalue weighted by Gasteiger charge is -2.11. The number of hydrogen-bond donors (Lipinski definition) is 2. The summed E-state index contributed by atoms with van der Waals surface area (Å²) in [5.74, 6) is -1.08. The molecule has 0 saturated heterocycles. The van der Waals surface area contributed by atoms with Crippen LogP contribution in [0.1, 0.15) is 17.4 Å². The van der Waals surface area contributed by atoms with Crippen LogP contribution in [0, 0.1) is 6.92 Å². The zero-order valence-electron chi connectivity index (χ0n) is 8.67.